The van der Waals surface area contributed by atoms with Crippen molar-refractivity contribution in [1.82, 2.24) is 20.6 Å². The van der Waals surface area contributed by atoms with Gasteiger partial charge in [-0.3, -0.25) is 4.79 Å². The fourth-order valence-corrected chi connectivity index (χ4v) is 3.42. The predicted octanol–water partition coefficient (Wildman–Crippen LogP) is 5.78. The van der Waals surface area contributed by atoms with Crippen molar-refractivity contribution in [3.05, 3.63) is 84.2 Å². The average molecular weight is 488 g/mol. The van der Waals surface area contributed by atoms with Crippen LogP contribution in [-0.4, -0.2) is 33.1 Å². The number of unbranched alkanes of at least 4 members (excludes halogenated alkanes) is 3. The molecule has 0 saturated carbocycles. The number of benzene rings is 3. The molecule has 1 heterocycles. The Hall–Kier alpha value is -4.40. The summed E-state index contributed by atoms with van der Waals surface area (Å²) in [5, 5.41) is 16.5. The van der Waals surface area contributed by atoms with Gasteiger partial charge in [-0.05, 0) is 55.0 Å². The highest BCUT2D eigenvalue weighted by atomic mass is 16.5. The Morgan fingerprint density at radius 1 is 0.889 bits per heavy atom. The number of H-pyrrole nitrogens is 1. The van der Waals surface area contributed by atoms with Gasteiger partial charge in [0.25, 0.3) is 5.91 Å². The van der Waals surface area contributed by atoms with Crippen LogP contribution in [0.5, 0.6) is 23.0 Å². The van der Waals surface area contributed by atoms with Crippen molar-refractivity contribution >= 4 is 11.6 Å². The largest absolute Gasteiger partial charge is 0.494 e. The van der Waals surface area contributed by atoms with Crippen LogP contribution in [0.1, 0.15) is 48.8 Å². The van der Waals surface area contributed by atoms with Gasteiger partial charge in [0.1, 0.15) is 17.2 Å². The number of rotatable bonds is 13. The van der Waals surface area contributed by atoms with Crippen molar-refractivity contribution < 1.29 is 19.0 Å². The van der Waals surface area contributed by atoms with Gasteiger partial charge in [0.15, 0.2) is 12.4 Å². The number of carbonyl (C=O) groups excluding carboxylic acids is 1. The highest BCUT2D eigenvalue weighted by Gasteiger charge is 2.11. The third-order valence-corrected chi connectivity index (χ3v) is 5.31. The Balaban J connectivity index is 1.35. The number of carbonyl (C=O) groups is 1. The number of hydrogen-bond donors (Lipinski definition) is 2. The Bertz CT molecular complexity index is 1230. The highest BCUT2D eigenvalue weighted by Crippen LogP contribution is 2.31. The molecule has 0 aliphatic rings. The Morgan fingerprint density at radius 2 is 1.72 bits per heavy atom. The molecule has 0 aliphatic heterocycles. The summed E-state index contributed by atoms with van der Waals surface area (Å²) in [6.07, 6.45) is 4.60. The molecule has 186 valence electrons. The Labute approximate surface area is 209 Å². The second-order valence-corrected chi connectivity index (χ2v) is 8.08. The Morgan fingerprint density at radius 3 is 2.53 bits per heavy atom. The molecule has 9 heteroatoms. The van der Waals surface area contributed by atoms with Crippen molar-refractivity contribution in [3.8, 4) is 23.0 Å². The second kappa shape index (κ2) is 12.9. The van der Waals surface area contributed by atoms with Gasteiger partial charge in [-0.1, -0.05) is 49.6 Å². The van der Waals surface area contributed by atoms with E-state index in [0.717, 1.165) is 18.6 Å². The number of aromatic amines is 1. The lowest BCUT2D eigenvalue weighted by atomic mass is 10.2. The minimum Gasteiger partial charge on any atom is -0.494 e. The first-order chi connectivity index (χ1) is 17.7. The van der Waals surface area contributed by atoms with Gasteiger partial charge in [-0.15, -0.1) is 10.2 Å². The van der Waals surface area contributed by atoms with E-state index in [0.29, 0.717) is 40.9 Å². The van der Waals surface area contributed by atoms with Crippen molar-refractivity contribution in [3.63, 3.8) is 0 Å². The van der Waals surface area contributed by atoms with Crippen LogP contribution in [0, 0.1) is 0 Å². The van der Waals surface area contributed by atoms with Crippen LogP contribution in [0.15, 0.2) is 72.8 Å². The Kier molecular flexibility index (Phi) is 8.85. The number of nitrogens with zero attached hydrogens (tertiary/aromatic N) is 3. The van der Waals surface area contributed by atoms with Gasteiger partial charge >= 0.3 is 0 Å². The van der Waals surface area contributed by atoms with Gasteiger partial charge in [0.05, 0.1) is 12.3 Å². The van der Waals surface area contributed by atoms with Crippen LogP contribution in [0.2, 0.25) is 0 Å². The van der Waals surface area contributed by atoms with Crippen LogP contribution in [0.4, 0.5) is 5.69 Å². The summed E-state index contributed by atoms with van der Waals surface area (Å²) in [5.41, 5.74) is 1.08. The minimum atomic E-state index is -0.238. The SMILES string of the molecule is CCCCCCOc1ccc(C(=O)Nc2ccccc2Oc2cccc(OCc3nn[nH]n3)c2)cc1. The summed E-state index contributed by atoms with van der Waals surface area (Å²) in [6.45, 7) is 3.04. The summed E-state index contributed by atoms with van der Waals surface area (Å²) in [4.78, 5) is 12.9. The minimum absolute atomic E-state index is 0.176. The van der Waals surface area contributed by atoms with Crippen LogP contribution in [0.3, 0.4) is 0 Å². The molecule has 1 amide bonds. The van der Waals surface area contributed by atoms with E-state index in [9.17, 15) is 4.79 Å². The van der Waals surface area contributed by atoms with Crippen LogP contribution in [-0.2, 0) is 6.61 Å². The maximum absolute atomic E-state index is 12.9. The maximum Gasteiger partial charge on any atom is 0.255 e. The number of aromatic nitrogens is 4. The molecule has 4 rings (SSSR count). The zero-order chi connectivity index (χ0) is 25.0. The van der Waals surface area contributed by atoms with Crippen molar-refractivity contribution in [2.45, 2.75) is 39.2 Å². The number of tetrazole rings is 1. The van der Waals surface area contributed by atoms with Crippen LogP contribution in [0.25, 0.3) is 0 Å². The average Bonchev–Trinajstić information content (AvgIpc) is 3.43. The zero-order valence-electron chi connectivity index (χ0n) is 20.1. The lowest BCUT2D eigenvalue weighted by molar-refractivity contribution is 0.102. The van der Waals surface area contributed by atoms with E-state index < -0.39 is 0 Å². The van der Waals surface area contributed by atoms with E-state index in [2.05, 4.69) is 32.9 Å². The van der Waals surface area contributed by atoms with E-state index in [1.54, 1.807) is 42.5 Å². The van der Waals surface area contributed by atoms with E-state index in [1.807, 2.05) is 30.3 Å². The smallest absolute Gasteiger partial charge is 0.255 e. The summed E-state index contributed by atoms with van der Waals surface area (Å²) >= 11 is 0. The van der Waals surface area contributed by atoms with E-state index in [1.165, 1.54) is 12.8 Å². The number of para-hydroxylation sites is 2. The van der Waals surface area contributed by atoms with Gasteiger partial charge in [-0.25, -0.2) is 0 Å². The normalized spacial score (nSPS) is 10.6. The topological polar surface area (TPSA) is 111 Å². The highest BCUT2D eigenvalue weighted by molar-refractivity contribution is 6.05. The number of nitrogens with one attached hydrogen (secondary N) is 2. The van der Waals surface area contributed by atoms with Gasteiger partial charge in [0.2, 0.25) is 5.82 Å². The summed E-state index contributed by atoms with van der Waals surface area (Å²) in [5.74, 6) is 2.62. The first-order valence-corrected chi connectivity index (χ1v) is 12.0. The molecule has 2 N–H and O–H groups in total. The molecule has 0 unspecified atom stereocenters. The van der Waals surface area contributed by atoms with Crippen molar-refractivity contribution in [2.75, 3.05) is 11.9 Å². The van der Waals surface area contributed by atoms with E-state index in [4.69, 9.17) is 14.2 Å². The molecular weight excluding hydrogens is 458 g/mol. The lowest BCUT2D eigenvalue weighted by Crippen LogP contribution is -2.12. The molecule has 0 atom stereocenters. The van der Waals surface area contributed by atoms with E-state index in [-0.39, 0.29) is 12.5 Å². The van der Waals surface area contributed by atoms with Gasteiger partial charge < -0.3 is 19.5 Å². The molecule has 1 aromatic heterocycles. The summed E-state index contributed by atoms with van der Waals surface area (Å²) in [6, 6.07) is 21.6. The molecule has 3 aromatic carbocycles. The number of hydrogen-bond acceptors (Lipinski definition) is 7. The van der Waals surface area contributed by atoms with Gasteiger partial charge in [-0.2, -0.15) is 5.21 Å². The zero-order valence-corrected chi connectivity index (χ0v) is 20.1. The summed E-state index contributed by atoms with van der Waals surface area (Å²) in [7, 11) is 0. The molecule has 0 bridgehead atoms. The van der Waals surface area contributed by atoms with Crippen molar-refractivity contribution in [1.29, 1.82) is 0 Å². The molecule has 0 fully saturated rings. The standard InChI is InChI=1S/C27H29N5O4/c1-2-3-4-7-17-34-21-15-13-20(14-16-21)27(33)28-24-11-5-6-12-25(24)36-23-10-8-9-22(18-23)35-19-26-29-31-32-30-26/h5-6,8-16,18H,2-4,7,17,19H2,1H3,(H,28,33)(H,29,30,31,32). The first-order valence-electron chi connectivity index (χ1n) is 12.0. The fourth-order valence-electron chi connectivity index (χ4n) is 3.42. The number of anilines is 1. The molecule has 4 aromatic rings. The maximum atomic E-state index is 12.9. The quantitative estimate of drug-likeness (QED) is 0.230. The molecule has 9 nitrogen and oxygen atoms in total. The van der Waals surface area contributed by atoms with E-state index >= 15 is 0 Å². The summed E-state index contributed by atoms with van der Waals surface area (Å²) < 4.78 is 17.5. The van der Waals surface area contributed by atoms with Crippen molar-refractivity contribution in [2.24, 2.45) is 0 Å². The predicted molar refractivity (Wildman–Crippen MR) is 135 cm³/mol. The molecule has 0 spiro atoms. The lowest BCUT2D eigenvalue weighted by Gasteiger charge is -2.13. The van der Waals surface area contributed by atoms with Crippen LogP contribution < -0.4 is 19.5 Å². The molecular formula is C27H29N5O4. The first kappa shape index (κ1) is 24.7. The third kappa shape index (κ3) is 7.30. The second-order valence-electron chi connectivity index (χ2n) is 8.08. The van der Waals surface area contributed by atoms with Gasteiger partial charge in [0, 0.05) is 11.6 Å². The monoisotopic (exact) mass is 487 g/mol. The fraction of sp³-hybridized carbons (Fsp3) is 0.259. The third-order valence-electron chi connectivity index (χ3n) is 5.31. The molecule has 0 saturated heterocycles. The molecule has 0 aliphatic carbocycles. The number of amides is 1. The number of ether oxygens (including phenoxy) is 3. The van der Waals surface area contributed by atoms with Crippen LogP contribution >= 0.6 is 0 Å². The molecule has 36 heavy (non-hydrogen) atoms. The molecule has 0 radical (unpaired) electrons.